The Kier molecular flexibility index (Phi) is 6.04. The van der Waals surface area contributed by atoms with Gasteiger partial charge in [0.25, 0.3) is 0 Å². The molecule has 0 N–H and O–H groups in total. The molecule has 23 heavy (non-hydrogen) atoms. The van der Waals surface area contributed by atoms with E-state index in [-0.39, 0.29) is 12.4 Å². The van der Waals surface area contributed by atoms with E-state index in [0.717, 1.165) is 17.3 Å². The highest BCUT2D eigenvalue weighted by molar-refractivity contribution is 7.99. The zero-order valence-corrected chi connectivity index (χ0v) is 13.1. The minimum Gasteiger partial charge on any atom is -0.466 e. The van der Waals surface area contributed by atoms with Crippen LogP contribution in [0, 0.1) is 17.6 Å². The lowest BCUT2D eigenvalue weighted by Crippen LogP contribution is -2.05. The van der Waals surface area contributed by atoms with E-state index in [9.17, 15) is 18.0 Å². The highest BCUT2D eigenvalue weighted by atomic mass is 32.2. The highest BCUT2D eigenvalue weighted by Gasteiger charge is 2.16. The van der Waals surface area contributed by atoms with Crippen LogP contribution in [0.25, 0.3) is 0 Å². The monoisotopic (exact) mass is 341 g/mol. The summed E-state index contributed by atoms with van der Waals surface area (Å²) in [5.74, 6) is -3.83. The fourth-order valence-corrected chi connectivity index (χ4v) is 2.67. The Morgan fingerprint density at radius 1 is 1.22 bits per heavy atom. The fourth-order valence-electron chi connectivity index (χ4n) is 1.84. The third kappa shape index (κ3) is 4.72. The van der Waals surface area contributed by atoms with E-state index < -0.39 is 22.5 Å². The molecule has 0 spiro atoms. The van der Waals surface area contributed by atoms with Gasteiger partial charge < -0.3 is 4.74 Å². The Morgan fingerprint density at radius 3 is 2.57 bits per heavy atom. The normalized spacial score (nSPS) is 10.6. The summed E-state index contributed by atoms with van der Waals surface area (Å²) < 4.78 is 45.0. The highest BCUT2D eigenvalue weighted by Crippen LogP contribution is 2.32. The SMILES string of the molecule is CCOC(=O)CCc1ccc(Sc2c(F)cnc(F)c2F)cc1. The lowest BCUT2D eigenvalue weighted by Gasteiger charge is -2.06. The number of ether oxygens (including phenoxy) is 1. The molecule has 7 heteroatoms. The second kappa shape index (κ2) is 8.01. The molecule has 0 fully saturated rings. The van der Waals surface area contributed by atoms with Gasteiger partial charge in [-0.2, -0.15) is 4.39 Å². The molecule has 0 saturated heterocycles. The van der Waals surface area contributed by atoms with Crippen LogP contribution < -0.4 is 0 Å². The molecule has 0 atom stereocenters. The van der Waals surface area contributed by atoms with Crippen LogP contribution in [0.4, 0.5) is 13.2 Å². The summed E-state index contributed by atoms with van der Waals surface area (Å²) in [5.41, 5.74) is 0.893. The van der Waals surface area contributed by atoms with Gasteiger partial charge in [0, 0.05) is 11.3 Å². The maximum absolute atomic E-state index is 13.6. The molecular formula is C16H14F3NO2S. The lowest BCUT2D eigenvalue weighted by molar-refractivity contribution is -0.143. The second-order valence-electron chi connectivity index (χ2n) is 4.59. The van der Waals surface area contributed by atoms with Crippen molar-refractivity contribution in [3.63, 3.8) is 0 Å². The molecule has 3 nitrogen and oxygen atoms in total. The van der Waals surface area contributed by atoms with Crippen molar-refractivity contribution in [3.8, 4) is 0 Å². The van der Waals surface area contributed by atoms with Gasteiger partial charge in [-0.25, -0.2) is 13.8 Å². The third-order valence-electron chi connectivity index (χ3n) is 2.96. The molecule has 0 bridgehead atoms. The predicted octanol–water partition coefficient (Wildman–Crippen LogP) is 4.15. The Bertz CT molecular complexity index is 692. The van der Waals surface area contributed by atoms with Gasteiger partial charge in [-0.05, 0) is 31.0 Å². The van der Waals surface area contributed by atoms with Gasteiger partial charge in [0.15, 0.2) is 11.6 Å². The Morgan fingerprint density at radius 2 is 1.91 bits per heavy atom. The van der Waals surface area contributed by atoms with E-state index in [1.807, 2.05) is 0 Å². The van der Waals surface area contributed by atoms with Gasteiger partial charge in [0.1, 0.15) is 0 Å². The van der Waals surface area contributed by atoms with Gasteiger partial charge in [-0.1, -0.05) is 23.9 Å². The van der Waals surface area contributed by atoms with E-state index in [0.29, 0.717) is 24.1 Å². The van der Waals surface area contributed by atoms with Gasteiger partial charge in [-0.15, -0.1) is 0 Å². The first-order valence-corrected chi connectivity index (χ1v) is 7.74. The Hall–Kier alpha value is -2.02. The first kappa shape index (κ1) is 17.3. The zero-order valence-electron chi connectivity index (χ0n) is 12.3. The van der Waals surface area contributed by atoms with Crippen LogP contribution in [0.3, 0.4) is 0 Å². The minimum atomic E-state index is -1.33. The van der Waals surface area contributed by atoms with Gasteiger partial charge in [0.05, 0.1) is 17.7 Å². The van der Waals surface area contributed by atoms with E-state index >= 15 is 0 Å². The van der Waals surface area contributed by atoms with Crippen molar-refractivity contribution in [2.75, 3.05) is 6.61 Å². The summed E-state index contributed by atoms with van der Waals surface area (Å²) in [5, 5.41) is 0. The summed E-state index contributed by atoms with van der Waals surface area (Å²) in [7, 11) is 0. The third-order valence-corrected chi connectivity index (χ3v) is 4.04. The first-order valence-electron chi connectivity index (χ1n) is 6.93. The predicted molar refractivity (Wildman–Crippen MR) is 79.6 cm³/mol. The fraction of sp³-hybridized carbons (Fsp3) is 0.250. The molecule has 0 aliphatic carbocycles. The van der Waals surface area contributed by atoms with Crippen LogP contribution in [-0.4, -0.2) is 17.6 Å². The molecule has 0 unspecified atom stereocenters. The molecule has 0 aliphatic rings. The Balaban J connectivity index is 2.03. The number of halogens is 3. The summed E-state index contributed by atoms with van der Waals surface area (Å²) in [6.45, 7) is 2.08. The van der Waals surface area contributed by atoms with E-state index in [2.05, 4.69) is 4.98 Å². The maximum atomic E-state index is 13.6. The number of aryl methyl sites for hydroxylation is 1. The molecule has 1 aromatic heterocycles. The lowest BCUT2D eigenvalue weighted by atomic mass is 10.1. The number of carbonyl (C=O) groups excluding carboxylic acids is 1. The maximum Gasteiger partial charge on any atom is 0.306 e. The second-order valence-corrected chi connectivity index (χ2v) is 5.67. The standard InChI is InChI=1S/C16H14F3NO2S/c1-2-22-13(21)8-5-10-3-6-11(7-4-10)23-15-12(17)9-20-16(19)14(15)18/h3-4,6-7,9H,2,5,8H2,1H3. The van der Waals surface area contributed by atoms with Crippen LogP contribution in [0.15, 0.2) is 40.3 Å². The van der Waals surface area contributed by atoms with Crippen molar-refractivity contribution in [1.29, 1.82) is 0 Å². The summed E-state index contributed by atoms with van der Waals surface area (Å²) in [6.07, 6.45) is 1.42. The zero-order chi connectivity index (χ0) is 16.8. The number of hydrogen-bond donors (Lipinski definition) is 0. The van der Waals surface area contributed by atoms with Crippen LogP contribution in [0.1, 0.15) is 18.9 Å². The average molecular weight is 341 g/mol. The molecule has 2 aromatic rings. The molecule has 0 saturated carbocycles. The Labute approximate surface area is 135 Å². The number of carbonyl (C=O) groups is 1. The smallest absolute Gasteiger partial charge is 0.306 e. The number of nitrogens with zero attached hydrogens (tertiary/aromatic N) is 1. The van der Waals surface area contributed by atoms with E-state index in [1.54, 1.807) is 31.2 Å². The summed E-state index contributed by atoms with van der Waals surface area (Å²) in [6, 6.07) is 6.80. The largest absolute Gasteiger partial charge is 0.466 e. The minimum absolute atomic E-state index is 0.263. The van der Waals surface area contributed by atoms with Crippen molar-refractivity contribution in [2.24, 2.45) is 0 Å². The first-order chi connectivity index (χ1) is 11.0. The molecule has 122 valence electrons. The van der Waals surface area contributed by atoms with Crippen molar-refractivity contribution in [1.82, 2.24) is 4.98 Å². The van der Waals surface area contributed by atoms with Crippen LogP contribution >= 0.6 is 11.8 Å². The number of esters is 1. The molecule has 1 aromatic carbocycles. The average Bonchev–Trinajstić information content (AvgIpc) is 2.55. The van der Waals surface area contributed by atoms with Crippen molar-refractivity contribution in [3.05, 3.63) is 53.6 Å². The molecule has 0 aliphatic heterocycles. The van der Waals surface area contributed by atoms with Crippen molar-refractivity contribution >= 4 is 17.7 Å². The quantitative estimate of drug-likeness (QED) is 0.585. The van der Waals surface area contributed by atoms with Crippen molar-refractivity contribution < 1.29 is 22.7 Å². The summed E-state index contributed by atoms with van der Waals surface area (Å²) in [4.78, 5) is 14.4. The summed E-state index contributed by atoms with van der Waals surface area (Å²) >= 11 is 0.775. The van der Waals surface area contributed by atoms with E-state index in [4.69, 9.17) is 4.74 Å². The topological polar surface area (TPSA) is 39.2 Å². The van der Waals surface area contributed by atoms with Crippen LogP contribution in [0.5, 0.6) is 0 Å². The molecule has 0 radical (unpaired) electrons. The van der Waals surface area contributed by atoms with Gasteiger partial charge >= 0.3 is 5.97 Å². The van der Waals surface area contributed by atoms with Gasteiger partial charge in [-0.3, -0.25) is 4.79 Å². The number of rotatable bonds is 6. The molecule has 2 rings (SSSR count). The molecule has 0 amide bonds. The van der Waals surface area contributed by atoms with Crippen LogP contribution in [-0.2, 0) is 16.0 Å². The molecule has 1 heterocycles. The van der Waals surface area contributed by atoms with Crippen LogP contribution in [0.2, 0.25) is 0 Å². The number of pyridine rings is 1. The molecular weight excluding hydrogens is 327 g/mol. The van der Waals surface area contributed by atoms with Crippen molar-refractivity contribution in [2.45, 2.75) is 29.6 Å². The van der Waals surface area contributed by atoms with E-state index in [1.165, 1.54) is 0 Å². The number of hydrogen-bond acceptors (Lipinski definition) is 4. The number of benzene rings is 1. The van der Waals surface area contributed by atoms with Gasteiger partial charge in [0.2, 0.25) is 5.95 Å². The number of aromatic nitrogens is 1.